The highest BCUT2D eigenvalue weighted by molar-refractivity contribution is 5.97. The summed E-state index contributed by atoms with van der Waals surface area (Å²) < 4.78 is 5.43. The summed E-state index contributed by atoms with van der Waals surface area (Å²) in [5.41, 5.74) is 7.36. The van der Waals surface area contributed by atoms with Gasteiger partial charge in [0.25, 0.3) is 11.5 Å². The van der Waals surface area contributed by atoms with Gasteiger partial charge < -0.3 is 20.8 Å². The second kappa shape index (κ2) is 7.40. The number of aromatic amines is 2. The zero-order chi connectivity index (χ0) is 22.5. The molecule has 164 valence electrons. The Hall–Kier alpha value is -3.81. The smallest absolute Gasteiger partial charge is 0.326 e. The molecule has 32 heavy (non-hydrogen) atoms. The van der Waals surface area contributed by atoms with Crippen molar-refractivity contribution >= 4 is 11.6 Å². The van der Waals surface area contributed by atoms with Crippen LogP contribution in [-0.2, 0) is 6.42 Å². The van der Waals surface area contributed by atoms with Crippen molar-refractivity contribution in [2.75, 3.05) is 12.8 Å². The van der Waals surface area contributed by atoms with Gasteiger partial charge in [0.1, 0.15) is 17.1 Å². The highest BCUT2D eigenvalue weighted by Crippen LogP contribution is 2.59. The predicted octanol–water partition coefficient (Wildman–Crippen LogP) is 1.92. The van der Waals surface area contributed by atoms with Crippen molar-refractivity contribution in [1.29, 1.82) is 0 Å². The molecule has 5 N–H and O–H groups in total. The summed E-state index contributed by atoms with van der Waals surface area (Å²) in [7, 11) is 1.66. The first-order valence-corrected chi connectivity index (χ1v) is 10.5. The molecule has 1 heterocycles. The van der Waals surface area contributed by atoms with E-state index in [-0.39, 0.29) is 28.8 Å². The Bertz CT molecular complexity index is 1330. The van der Waals surface area contributed by atoms with Crippen molar-refractivity contribution in [3.05, 3.63) is 91.8 Å². The van der Waals surface area contributed by atoms with Crippen molar-refractivity contribution in [2.24, 2.45) is 5.41 Å². The second-order valence-corrected chi connectivity index (χ2v) is 8.70. The molecule has 1 amide bonds. The van der Waals surface area contributed by atoms with E-state index < -0.39 is 17.2 Å². The molecule has 0 saturated heterocycles. The van der Waals surface area contributed by atoms with Crippen molar-refractivity contribution in [1.82, 2.24) is 15.3 Å². The molecular formula is C24H24N4O4. The number of nitrogen functional groups attached to an aromatic ring is 1. The van der Waals surface area contributed by atoms with Gasteiger partial charge in [0.2, 0.25) is 0 Å². The van der Waals surface area contributed by atoms with Crippen molar-refractivity contribution in [2.45, 2.75) is 31.2 Å². The highest BCUT2D eigenvalue weighted by Gasteiger charge is 2.57. The van der Waals surface area contributed by atoms with Crippen LogP contribution in [0.2, 0.25) is 0 Å². The molecule has 2 aliphatic carbocycles. The number of amides is 1. The van der Waals surface area contributed by atoms with Crippen LogP contribution in [0, 0.1) is 5.41 Å². The van der Waals surface area contributed by atoms with Crippen LogP contribution >= 0.6 is 0 Å². The summed E-state index contributed by atoms with van der Waals surface area (Å²) in [6.45, 7) is 0. The number of carbonyl (C=O) groups is 1. The summed E-state index contributed by atoms with van der Waals surface area (Å²) in [5, 5.41) is 2.98. The van der Waals surface area contributed by atoms with Crippen LogP contribution in [0.5, 0.6) is 5.75 Å². The first-order valence-electron chi connectivity index (χ1n) is 10.5. The van der Waals surface area contributed by atoms with Gasteiger partial charge in [0.05, 0.1) is 7.11 Å². The van der Waals surface area contributed by atoms with E-state index in [1.54, 1.807) is 7.11 Å². The third-order valence-corrected chi connectivity index (χ3v) is 6.78. The molecule has 3 atom stereocenters. The van der Waals surface area contributed by atoms with E-state index in [2.05, 4.69) is 40.6 Å². The first-order chi connectivity index (χ1) is 15.4. The van der Waals surface area contributed by atoms with Crippen LogP contribution in [0.15, 0.2) is 58.1 Å². The minimum Gasteiger partial charge on any atom is -0.497 e. The predicted molar refractivity (Wildman–Crippen MR) is 120 cm³/mol. The minimum atomic E-state index is -0.769. The van der Waals surface area contributed by atoms with Crippen molar-refractivity contribution in [3.8, 4) is 5.75 Å². The molecule has 8 heteroatoms. The Morgan fingerprint density at radius 1 is 1.12 bits per heavy atom. The van der Waals surface area contributed by atoms with E-state index >= 15 is 0 Å². The van der Waals surface area contributed by atoms with Crippen LogP contribution < -0.4 is 27.0 Å². The summed E-state index contributed by atoms with van der Waals surface area (Å²) in [6, 6.07) is 16.5. The molecule has 0 unspecified atom stereocenters. The van der Waals surface area contributed by atoms with Gasteiger partial charge in [-0.3, -0.25) is 14.6 Å². The number of methoxy groups -OCH3 is 1. The maximum atomic E-state index is 12.8. The number of hydrogen-bond donors (Lipinski definition) is 4. The SMILES string of the molecule is COc1cccc([C@@H]2C[C@@]3(Cc4ccccc42)C[C@H]3NC(=O)c2[nH]c(=O)[nH]c(=O)c2N)c1. The average molecular weight is 432 g/mol. The molecule has 1 aromatic heterocycles. The number of hydrogen-bond acceptors (Lipinski definition) is 5. The van der Waals surface area contributed by atoms with Gasteiger partial charge in [-0.25, -0.2) is 4.79 Å². The maximum absolute atomic E-state index is 12.8. The molecule has 2 aromatic carbocycles. The normalized spacial score (nSPS) is 23.4. The molecule has 0 bridgehead atoms. The Balaban J connectivity index is 1.44. The number of fused-ring (bicyclic) bond motifs is 1. The van der Waals surface area contributed by atoms with Crippen LogP contribution in [0.3, 0.4) is 0 Å². The molecule has 1 fully saturated rings. The lowest BCUT2D eigenvalue weighted by Crippen LogP contribution is -2.37. The fourth-order valence-corrected chi connectivity index (χ4v) is 5.04. The maximum Gasteiger partial charge on any atom is 0.326 e. The van der Waals surface area contributed by atoms with Crippen LogP contribution in [-0.4, -0.2) is 29.0 Å². The number of rotatable bonds is 4. The standard InChI is InChI=1S/C24H24N4O4/c1-32-15-7-4-6-13(9-15)17-11-24(10-14-5-2-3-8-16(14)17)12-18(24)26-22(30)20-19(25)21(29)28-23(31)27-20/h2-9,17-18H,10-12,25H2,1H3,(H,26,30)(H2,27,28,29,31)/t17-,18+,24-/m0/s1. The number of ether oxygens (including phenoxy) is 1. The van der Waals surface area contributed by atoms with Gasteiger partial charge in [0.15, 0.2) is 0 Å². The van der Waals surface area contributed by atoms with Gasteiger partial charge in [-0.15, -0.1) is 0 Å². The van der Waals surface area contributed by atoms with Crippen LogP contribution in [0.4, 0.5) is 5.69 Å². The zero-order valence-electron chi connectivity index (χ0n) is 17.6. The molecule has 3 aromatic rings. The number of nitrogens with two attached hydrogens (primary N) is 1. The van der Waals surface area contributed by atoms with Crippen molar-refractivity contribution < 1.29 is 9.53 Å². The number of aromatic nitrogens is 2. The Labute approximate surface area is 183 Å². The summed E-state index contributed by atoms with van der Waals surface area (Å²) >= 11 is 0. The van der Waals surface area contributed by atoms with E-state index in [0.717, 1.165) is 25.0 Å². The third-order valence-electron chi connectivity index (χ3n) is 6.78. The van der Waals surface area contributed by atoms with E-state index in [0.29, 0.717) is 0 Å². The highest BCUT2D eigenvalue weighted by atomic mass is 16.5. The zero-order valence-corrected chi connectivity index (χ0v) is 17.6. The number of nitrogens with one attached hydrogen (secondary N) is 3. The number of benzene rings is 2. The molecule has 2 aliphatic rings. The number of H-pyrrole nitrogens is 2. The number of carbonyl (C=O) groups excluding carboxylic acids is 1. The Morgan fingerprint density at radius 2 is 1.94 bits per heavy atom. The monoisotopic (exact) mass is 432 g/mol. The van der Waals surface area contributed by atoms with Gasteiger partial charge in [-0.1, -0.05) is 36.4 Å². The lowest BCUT2D eigenvalue weighted by atomic mass is 9.72. The average Bonchev–Trinajstić information content (AvgIpc) is 3.45. The van der Waals surface area contributed by atoms with Gasteiger partial charge >= 0.3 is 5.69 Å². The van der Waals surface area contributed by atoms with Crippen LogP contribution in [0.1, 0.15) is 45.9 Å². The fraction of sp³-hybridized carbons (Fsp3) is 0.292. The molecule has 1 saturated carbocycles. The molecule has 0 aliphatic heterocycles. The molecule has 0 radical (unpaired) electrons. The summed E-state index contributed by atoms with van der Waals surface area (Å²) in [5.74, 6) is 0.458. The van der Waals surface area contributed by atoms with Crippen molar-refractivity contribution in [3.63, 3.8) is 0 Å². The Kier molecular flexibility index (Phi) is 4.65. The topological polar surface area (TPSA) is 130 Å². The largest absolute Gasteiger partial charge is 0.497 e. The Morgan fingerprint density at radius 3 is 2.75 bits per heavy atom. The lowest BCUT2D eigenvalue weighted by molar-refractivity contribution is 0.0939. The van der Waals surface area contributed by atoms with E-state index in [9.17, 15) is 14.4 Å². The first kappa shape index (κ1) is 20.1. The van der Waals surface area contributed by atoms with Gasteiger partial charge in [-0.2, -0.15) is 0 Å². The van der Waals surface area contributed by atoms with Crippen LogP contribution in [0.25, 0.3) is 0 Å². The van der Waals surface area contributed by atoms with E-state index in [4.69, 9.17) is 10.5 Å². The third kappa shape index (κ3) is 3.37. The fourth-order valence-electron chi connectivity index (χ4n) is 5.04. The molecule has 8 nitrogen and oxygen atoms in total. The second-order valence-electron chi connectivity index (χ2n) is 8.70. The van der Waals surface area contributed by atoms with E-state index in [1.807, 2.05) is 23.2 Å². The summed E-state index contributed by atoms with van der Waals surface area (Å²) in [6.07, 6.45) is 2.56. The lowest BCUT2D eigenvalue weighted by Gasteiger charge is -2.33. The molecule has 5 rings (SSSR count). The van der Waals surface area contributed by atoms with Gasteiger partial charge in [-0.05, 0) is 53.5 Å². The summed E-state index contributed by atoms with van der Waals surface area (Å²) in [4.78, 5) is 40.5. The molecular weight excluding hydrogens is 408 g/mol. The molecule has 1 spiro atoms. The van der Waals surface area contributed by atoms with Gasteiger partial charge in [0, 0.05) is 12.0 Å². The van der Waals surface area contributed by atoms with E-state index in [1.165, 1.54) is 16.7 Å². The quantitative estimate of drug-likeness (QED) is 0.500. The number of anilines is 1. The minimum absolute atomic E-state index is 0.0707.